The highest BCUT2D eigenvalue weighted by Crippen LogP contribution is 1.95. The molecule has 102 valence electrons. The SMILES string of the molecule is CCCCNC(=NCCCCCOC)NCC. The standard InChI is InChI=1S/C13H29N3O/c1-4-6-10-15-13(14-5-2)16-11-8-7-9-12-17-3/h4-12H2,1-3H3,(H2,14,15,16). The first-order chi connectivity index (χ1) is 8.35. The number of hydrogen-bond donors (Lipinski definition) is 2. The zero-order valence-corrected chi connectivity index (χ0v) is 11.7. The Labute approximate surface area is 106 Å². The molecule has 0 aliphatic rings. The number of aliphatic imine (C=N–C) groups is 1. The van der Waals surface area contributed by atoms with E-state index in [1.807, 2.05) is 0 Å². The molecule has 0 aliphatic carbocycles. The lowest BCUT2D eigenvalue weighted by Gasteiger charge is -2.10. The molecule has 0 radical (unpaired) electrons. The van der Waals surface area contributed by atoms with Gasteiger partial charge in [0.2, 0.25) is 0 Å². The first-order valence-corrected chi connectivity index (χ1v) is 6.86. The van der Waals surface area contributed by atoms with Crippen LogP contribution in [0.25, 0.3) is 0 Å². The van der Waals surface area contributed by atoms with Crippen molar-refractivity contribution >= 4 is 5.96 Å². The number of rotatable bonds is 10. The van der Waals surface area contributed by atoms with Crippen LogP contribution in [-0.4, -0.2) is 39.3 Å². The van der Waals surface area contributed by atoms with E-state index in [2.05, 4.69) is 29.5 Å². The molecule has 0 fully saturated rings. The molecular formula is C13H29N3O. The van der Waals surface area contributed by atoms with E-state index in [1.165, 1.54) is 19.3 Å². The number of nitrogens with one attached hydrogen (secondary N) is 2. The third-order valence-corrected chi connectivity index (χ3v) is 2.44. The Hall–Kier alpha value is -0.770. The van der Waals surface area contributed by atoms with Crippen molar-refractivity contribution in [3.8, 4) is 0 Å². The van der Waals surface area contributed by atoms with Gasteiger partial charge in [-0.2, -0.15) is 0 Å². The van der Waals surface area contributed by atoms with Crippen LogP contribution in [0.5, 0.6) is 0 Å². The highest BCUT2D eigenvalue weighted by molar-refractivity contribution is 5.79. The van der Waals surface area contributed by atoms with Gasteiger partial charge in [0.15, 0.2) is 5.96 Å². The van der Waals surface area contributed by atoms with Crippen molar-refractivity contribution in [2.75, 3.05) is 33.4 Å². The average molecular weight is 243 g/mol. The molecule has 0 aromatic rings. The molecule has 0 saturated heterocycles. The molecule has 0 saturated carbocycles. The Bertz CT molecular complexity index is 184. The Morgan fingerprint density at radius 2 is 1.88 bits per heavy atom. The Balaban J connectivity index is 3.62. The van der Waals surface area contributed by atoms with Crippen molar-refractivity contribution < 1.29 is 4.74 Å². The molecule has 0 aromatic heterocycles. The quantitative estimate of drug-likeness (QED) is 0.351. The highest BCUT2D eigenvalue weighted by atomic mass is 16.5. The Morgan fingerprint density at radius 3 is 2.53 bits per heavy atom. The first kappa shape index (κ1) is 16.2. The van der Waals surface area contributed by atoms with Crippen LogP contribution in [0.4, 0.5) is 0 Å². The van der Waals surface area contributed by atoms with E-state index in [1.54, 1.807) is 7.11 Å². The van der Waals surface area contributed by atoms with Gasteiger partial charge in [-0.3, -0.25) is 4.99 Å². The van der Waals surface area contributed by atoms with Gasteiger partial charge < -0.3 is 15.4 Å². The lowest BCUT2D eigenvalue weighted by atomic mass is 10.2. The summed E-state index contributed by atoms with van der Waals surface area (Å²) >= 11 is 0. The van der Waals surface area contributed by atoms with Gasteiger partial charge in [0.05, 0.1) is 0 Å². The van der Waals surface area contributed by atoms with Crippen LogP contribution in [0.3, 0.4) is 0 Å². The number of hydrogen-bond acceptors (Lipinski definition) is 2. The summed E-state index contributed by atoms with van der Waals surface area (Å²) in [5.74, 6) is 0.952. The molecule has 0 heterocycles. The van der Waals surface area contributed by atoms with Crippen LogP contribution >= 0.6 is 0 Å². The smallest absolute Gasteiger partial charge is 0.191 e. The fourth-order valence-electron chi connectivity index (χ4n) is 1.45. The lowest BCUT2D eigenvalue weighted by Crippen LogP contribution is -2.37. The van der Waals surface area contributed by atoms with Gasteiger partial charge in [-0.15, -0.1) is 0 Å². The van der Waals surface area contributed by atoms with Crippen molar-refractivity contribution in [3.63, 3.8) is 0 Å². The monoisotopic (exact) mass is 243 g/mol. The molecule has 0 unspecified atom stereocenters. The molecule has 0 spiro atoms. The topological polar surface area (TPSA) is 45.7 Å². The first-order valence-electron chi connectivity index (χ1n) is 6.86. The second kappa shape index (κ2) is 13.3. The van der Waals surface area contributed by atoms with Gasteiger partial charge in [0, 0.05) is 33.4 Å². The van der Waals surface area contributed by atoms with Crippen molar-refractivity contribution in [1.29, 1.82) is 0 Å². The minimum atomic E-state index is 0.860. The zero-order chi connectivity index (χ0) is 12.8. The molecule has 0 amide bonds. The van der Waals surface area contributed by atoms with Crippen LogP contribution in [-0.2, 0) is 4.74 Å². The second-order valence-electron chi connectivity index (χ2n) is 4.09. The molecule has 0 aliphatic heterocycles. The van der Waals surface area contributed by atoms with Crippen LogP contribution in [0.2, 0.25) is 0 Å². The summed E-state index contributed by atoms with van der Waals surface area (Å²) in [5.41, 5.74) is 0. The molecule has 17 heavy (non-hydrogen) atoms. The second-order valence-corrected chi connectivity index (χ2v) is 4.09. The van der Waals surface area contributed by atoms with E-state index in [0.29, 0.717) is 0 Å². The maximum Gasteiger partial charge on any atom is 0.191 e. The molecular weight excluding hydrogens is 214 g/mol. The number of ether oxygens (including phenoxy) is 1. The van der Waals surface area contributed by atoms with Crippen molar-refractivity contribution in [1.82, 2.24) is 10.6 Å². The van der Waals surface area contributed by atoms with E-state index >= 15 is 0 Å². The Morgan fingerprint density at radius 1 is 1.06 bits per heavy atom. The third kappa shape index (κ3) is 11.5. The number of guanidine groups is 1. The summed E-state index contributed by atoms with van der Waals surface area (Å²) in [5, 5.41) is 6.60. The largest absolute Gasteiger partial charge is 0.385 e. The Kier molecular flexibility index (Phi) is 12.7. The van der Waals surface area contributed by atoms with E-state index in [4.69, 9.17) is 4.74 Å². The summed E-state index contributed by atoms with van der Waals surface area (Å²) in [6.07, 6.45) is 5.85. The van der Waals surface area contributed by atoms with Crippen molar-refractivity contribution in [2.45, 2.75) is 46.0 Å². The molecule has 4 nitrogen and oxygen atoms in total. The van der Waals surface area contributed by atoms with Crippen LogP contribution in [0, 0.1) is 0 Å². The highest BCUT2D eigenvalue weighted by Gasteiger charge is 1.95. The normalized spacial score (nSPS) is 11.6. The van der Waals surface area contributed by atoms with Gasteiger partial charge in [0.25, 0.3) is 0 Å². The van der Waals surface area contributed by atoms with Crippen LogP contribution < -0.4 is 10.6 Å². The van der Waals surface area contributed by atoms with Gasteiger partial charge in [-0.25, -0.2) is 0 Å². The van der Waals surface area contributed by atoms with Gasteiger partial charge in [-0.1, -0.05) is 13.3 Å². The number of methoxy groups -OCH3 is 1. The maximum atomic E-state index is 5.01. The summed E-state index contributed by atoms with van der Waals surface area (Å²) in [7, 11) is 1.75. The summed E-state index contributed by atoms with van der Waals surface area (Å²) in [6, 6.07) is 0. The van der Waals surface area contributed by atoms with E-state index in [-0.39, 0.29) is 0 Å². The molecule has 2 N–H and O–H groups in total. The number of nitrogens with zero attached hydrogens (tertiary/aromatic N) is 1. The fraction of sp³-hybridized carbons (Fsp3) is 0.923. The van der Waals surface area contributed by atoms with Crippen molar-refractivity contribution in [3.05, 3.63) is 0 Å². The summed E-state index contributed by atoms with van der Waals surface area (Å²) in [4.78, 5) is 4.54. The lowest BCUT2D eigenvalue weighted by molar-refractivity contribution is 0.192. The summed E-state index contributed by atoms with van der Waals surface area (Å²) in [6.45, 7) is 7.97. The maximum absolute atomic E-state index is 5.01. The molecule has 0 bridgehead atoms. The van der Waals surface area contributed by atoms with Gasteiger partial charge in [0.1, 0.15) is 0 Å². The van der Waals surface area contributed by atoms with Crippen molar-refractivity contribution in [2.24, 2.45) is 4.99 Å². The fourth-order valence-corrected chi connectivity index (χ4v) is 1.45. The van der Waals surface area contributed by atoms with E-state index < -0.39 is 0 Å². The molecule has 0 aromatic carbocycles. The van der Waals surface area contributed by atoms with E-state index in [9.17, 15) is 0 Å². The summed E-state index contributed by atoms with van der Waals surface area (Å²) < 4.78 is 5.01. The van der Waals surface area contributed by atoms with Gasteiger partial charge >= 0.3 is 0 Å². The van der Waals surface area contributed by atoms with E-state index in [0.717, 1.165) is 45.0 Å². The minimum absolute atomic E-state index is 0.860. The minimum Gasteiger partial charge on any atom is -0.385 e. The van der Waals surface area contributed by atoms with Gasteiger partial charge in [-0.05, 0) is 32.6 Å². The third-order valence-electron chi connectivity index (χ3n) is 2.44. The predicted octanol–water partition coefficient (Wildman–Crippen LogP) is 2.16. The molecule has 4 heteroatoms. The zero-order valence-electron chi connectivity index (χ0n) is 11.7. The molecule has 0 atom stereocenters. The van der Waals surface area contributed by atoms with Crippen LogP contribution in [0.1, 0.15) is 46.0 Å². The number of unbranched alkanes of at least 4 members (excludes halogenated alkanes) is 3. The predicted molar refractivity (Wildman–Crippen MR) is 74.6 cm³/mol. The average Bonchev–Trinajstić information content (AvgIpc) is 2.34. The molecule has 0 rings (SSSR count). The van der Waals surface area contributed by atoms with Crippen LogP contribution in [0.15, 0.2) is 4.99 Å².